The van der Waals surface area contributed by atoms with Crippen molar-refractivity contribution in [1.29, 1.82) is 0 Å². The lowest BCUT2D eigenvalue weighted by Crippen LogP contribution is -2.40. The number of hydrogen-bond acceptors (Lipinski definition) is 5. The van der Waals surface area contributed by atoms with E-state index in [1.807, 2.05) is 12.1 Å². The lowest BCUT2D eigenvalue weighted by atomic mass is 10.0. The van der Waals surface area contributed by atoms with E-state index in [1.54, 1.807) is 6.20 Å². The number of hydrogen-bond donors (Lipinski definition) is 2. The van der Waals surface area contributed by atoms with Crippen LogP contribution in [0.2, 0.25) is 0 Å². The maximum Gasteiger partial charge on any atom is 0.213 e. The first-order valence-corrected chi connectivity index (χ1v) is 7.51. The molecule has 0 spiro atoms. The standard InChI is InChI=1S/C15H23N3O2/c16-13(10-18-7-1-2-8-18)15(19)11-3-6-14(17-9-11)20-12-4-5-12/h3,6,9,12-13,15,19H,1-2,4-5,7-8,10,16H2. The van der Waals surface area contributed by atoms with Crippen molar-refractivity contribution in [2.24, 2.45) is 5.73 Å². The van der Waals surface area contributed by atoms with Gasteiger partial charge >= 0.3 is 0 Å². The number of pyridine rings is 1. The van der Waals surface area contributed by atoms with Crippen LogP contribution < -0.4 is 10.5 Å². The summed E-state index contributed by atoms with van der Waals surface area (Å²) < 4.78 is 5.60. The van der Waals surface area contributed by atoms with Gasteiger partial charge in [-0.15, -0.1) is 0 Å². The van der Waals surface area contributed by atoms with Crippen molar-refractivity contribution in [2.45, 2.75) is 43.9 Å². The zero-order valence-electron chi connectivity index (χ0n) is 11.7. The summed E-state index contributed by atoms with van der Waals surface area (Å²) in [6.45, 7) is 2.92. The zero-order chi connectivity index (χ0) is 13.9. The van der Waals surface area contributed by atoms with E-state index < -0.39 is 6.10 Å². The summed E-state index contributed by atoms with van der Waals surface area (Å²) in [5, 5.41) is 10.3. The predicted octanol–water partition coefficient (Wildman–Crippen LogP) is 1.08. The molecule has 1 saturated heterocycles. The lowest BCUT2D eigenvalue weighted by Gasteiger charge is -2.24. The number of likely N-dealkylation sites (tertiary alicyclic amines) is 1. The predicted molar refractivity (Wildman–Crippen MR) is 76.5 cm³/mol. The normalized spacial score (nSPS) is 22.7. The SMILES string of the molecule is NC(CN1CCCC1)C(O)c1ccc(OC2CC2)nc1. The van der Waals surface area contributed by atoms with Gasteiger partial charge in [0.25, 0.3) is 0 Å². The highest BCUT2D eigenvalue weighted by Gasteiger charge is 2.25. The van der Waals surface area contributed by atoms with E-state index in [1.165, 1.54) is 12.8 Å². The minimum Gasteiger partial charge on any atom is -0.474 e. The molecule has 2 atom stereocenters. The van der Waals surface area contributed by atoms with Crippen LogP contribution in [0.25, 0.3) is 0 Å². The Balaban J connectivity index is 1.55. The number of nitrogens with zero attached hydrogens (tertiary/aromatic N) is 2. The van der Waals surface area contributed by atoms with Gasteiger partial charge in [0.1, 0.15) is 6.10 Å². The highest BCUT2D eigenvalue weighted by Crippen LogP contribution is 2.26. The van der Waals surface area contributed by atoms with Crippen LogP contribution in [0.15, 0.2) is 18.3 Å². The Bertz CT molecular complexity index is 427. The summed E-state index contributed by atoms with van der Waals surface area (Å²) >= 11 is 0. The maximum atomic E-state index is 10.3. The second-order valence-corrected chi connectivity index (χ2v) is 5.86. The summed E-state index contributed by atoms with van der Waals surface area (Å²) in [7, 11) is 0. The Morgan fingerprint density at radius 1 is 1.35 bits per heavy atom. The van der Waals surface area contributed by atoms with Crippen molar-refractivity contribution in [2.75, 3.05) is 19.6 Å². The number of ether oxygens (including phenoxy) is 1. The van der Waals surface area contributed by atoms with Crippen LogP contribution in [0.3, 0.4) is 0 Å². The second-order valence-electron chi connectivity index (χ2n) is 5.86. The minimum absolute atomic E-state index is 0.273. The van der Waals surface area contributed by atoms with E-state index in [0.717, 1.165) is 38.0 Å². The molecule has 2 unspecified atom stereocenters. The van der Waals surface area contributed by atoms with Crippen molar-refractivity contribution < 1.29 is 9.84 Å². The molecule has 3 rings (SSSR count). The van der Waals surface area contributed by atoms with E-state index in [9.17, 15) is 5.11 Å². The Morgan fingerprint density at radius 2 is 2.10 bits per heavy atom. The Kier molecular flexibility index (Phi) is 4.19. The molecular formula is C15H23N3O2. The fraction of sp³-hybridized carbons (Fsp3) is 0.667. The molecule has 3 N–H and O–H groups in total. The molecule has 0 radical (unpaired) electrons. The van der Waals surface area contributed by atoms with E-state index >= 15 is 0 Å². The molecule has 1 aliphatic heterocycles. The van der Waals surface area contributed by atoms with Crippen LogP contribution in [-0.2, 0) is 0 Å². The fourth-order valence-corrected chi connectivity index (χ4v) is 2.60. The minimum atomic E-state index is -0.668. The van der Waals surface area contributed by atoms with Crippen LogP contribution in [0.5, 0.6) is 5.88 Å². The smallest absolute Gasteiger partial charge is 0.213 e. The van der Waals surface area contributed by atoms with E-state index in [4.69, 9.17) is 10.5 Å². The van der Waals surface area contributed by atoms with Crippen LogP contribution in [-0.4, -0.2) is 46.8 Å². The highest BCUT2D eigenvalue weighted by atomic mass is 16.5. The summed E-state index contributed by atoms with van der Waals surface area (Å²) in [5.74, 6) is 0.636. The molecule has 110 valence electrons. The van der Waals surface area contributed by atoms with Crippen LogP contribution in [0, 0.1) is 0 Å². The molecule has 20 heavy (non-hydrogen) atoms. The van der Waals surface area contributed by atoms with E-state index in [0.29, 0.717) is 12.0 Å². The van der Waals surface area contributed by atoms with Crippen LogP contribution >= 0.6 is 0 Å². The highest BCUT2D eigenvalue weighted by molar-refractivity contribution is 5.21. The van der Waals surface area contributed by atoms with Gasteiger partial charge in [-0.25, -0.2) is 4.98 Å². The quantitative estimate of drug-likeness (QED) is 0.814. The molecule has 2 aliphatic rings. The molecule has 1 aliphatic carbocycles. The van der Waals surface area contributed by atoms with Gasteiger partial charge in [-0.3, -0.25) is 0 Å². The molecule has 0 amide bonds. The fourth-order valence-electron chi connectivity index (χ4n) is 2.60. The van der Waals surface area contributed by atoms with Crippen molar-refractivity contribution in [3.05, 3.63) is 23.9 Å². The average molecular weight is 277 g/mol. The van der Waals surface area contributed by atoms with Gasteiger partial charge in [0, 0.05) is 30.4 Å². The number of aliphatic hydroxyl groups is 1. The Morgan fingerprint density at radius 3 is 2.70 bits per heavy atom. The summed E-state index contributed by atoms with van der Waals surface area (Å²) in [5.41, 5.74) is 6.87. The van der Waals surface area contributed by atoms with Crippen LogP contribution in [0.1, 0.15) is 37.4 Å². The molecule has 0 bridgehead atoms. The third-order valence-electron chi connectivity index (χ3n) is 3.99. The van der Waals surface area contributed by atoms with E-state index in [2.05, 4.69) is 9.88 Å². The van der Waals surface area contributed by atoms with Gasteiger partial charge < -0.3 is 20.5 Å². The number of aromatic nitrogens is 1. The molecule has 0 aromatic carbocycles. The van der Waals surface area contributed by atoms with Gasteiger partial charge in [0.15, 0.2) is 0 Å². The maximum absolute atomic E-state index is 10.3. The van der Waals surface area contributed by atoms with Crippen molar-refractivity contribution >= 4 is 0 Å². The van der Waals surface area contributed by atoms with Crippen LogP contribution in [0.4, 0.5) is 0 Å². The van der Waals surface area contributed by atoms with Gasteiger partial charge in [-0.1, -0.05) is 0 Å². The van der Waals surface area contributed by atoms with Gasteiger partial charge in [-0.2, -0.15) is 0 Å². The summed E-state index contributed by atoms with van der Waals surface area (Å²) in [6, 6.07) is 3.41. The second kappa shape index (κ2) is 6.08. The third-order valence-corrected chi connectivity index (χ3v) is 3.99. The Labute approximate surface area is 119 Å². The van der Waals surface area contributed by atoms with Gasteiger partial charge in [-0.05, 0) is 44.8 Å². The van der Waals surface area contributed by atoms with Crippen molar-refractivity contribution in [3.8, 4) is 5.88 Å². The van der Waals surface area contributed by atoms with Crippen molar-refractivity contribution in [3.63, 3.8) is 0 Å². The van der Waals surface area contributed by atoms with E-state index in [-0.39, 0.29) is 6.04 Å². The molecule has 5 nitrogen and oxygen atoms in total. The Hall–Kier alpha value is -1.17. The largest absolute Gasteiger partial charge is 0.474 e. The molecule has 2 fully saturated rings. The molecule has 1 aromatic heterocycles. The third kappa shape index (κ3) is 3.48. The topological polar surface area (TPSA) is 71.6 Å². The number of aliphatic hydroxyl groups excluding tert-OH is 1. The molecular weight excluding hydrogens is 254 g/mol. The summed E-state index contributed by atoms with van der Waals surface area (Å²) in [4.78, 5) is 6.55. The first kappa shape index (κ1) is 13.8. The number of nitrogens with two attached hydrogens (primary N) is 1. The first-order valence-electron chi connectivity index (χ1n) is 7.51. The van der Waals surface area contributed by atoms with Crippen molar-refractivity contribution in [1.82, 2.24) is 9.88 Å². The first-order chi connectivity index (χ1) is 9.72. The molecule has 1 aromatic rings. The molecule has 2 heterocycles. The zero-order valence-corrected chi connectivity index (χ0v) is 11.7. The monoisotopic (exact) mass is 277 g/mol. The van der Waals surface area contributed by atoms with Gasteiger partial charge in [0.05, 0.1) is 6.10 Å². The van der Waals surface area contributed by atoms with Gasteiger partial charge in [0.2, 0.25) is 5.88 Å². The molecule has 5 heteroatoms. The average Bonchev–Trinajstić information content (AvgIpc) is 3.12. The number of rotatable bonds is 6. The lowest BCUT2D eigenvalue weighted by molar-refractivity contribution is 0.125. The molecule has 1 saturated carbocycles. The summed E-state index contributed by atoms with van der Waals surface area (Å²) in [6.07, 6.45) is 6.05.